The first-order valence-corrected chi connectivity index (χ1v) is 13.8. The van der Waals surface area contributed by atoms with E-state index in [-0.39, 0.29) is 11.9 Å². The van der Waals surface area contributed by atoms with Gasteiger partial charge in [0.05, 0.1) is 12.8 Å². The van der Waals surface area contributed by atoms with Gasteiger partial charge in [-0.05, 0) is 46.3 Å². The van der Waals surface area contributed by atoms with E-state index in [0.717, 1.165) is 36.8 Å². The number of aromatic nitrogens is 7. The first kappa shape index (κ1) is 29.4. The third-order valence-corrected chi connectivity index (χ3v) is 7.05. The van der Waals surface area contributed by atoms with Crippen LogP contribution in [0.15, 0.2) is 43.1 Å². The number of likely N-dealkylation sites (N-methyl/N-ethyl adjacent to an activating group) is 1. The van der Waals surface area contributed by atoms with Gasteiger partial charge in [0, 0.05) is 43.4 Å². The van der Waals surface area contributed by atoms with Crippen LogP contribution < -0.4 is 9.64 Å². The summed E-state index contributed by atoms with van der Waals surface area (Å²) in [5, 5.41) is 0. The Balaban J connectivity index is 1.45. The van der Waals surface area contributed by atoms with E-state index in [9.17, 15) is 13.2 Å². The highest BCUT2D eigenvalue weighted by Crippen LogP contribution is 2.44. The Morgan fingerprint density at radius 3 is 2.31 bits per heavy atom. The molecule has 0 aliphatic heterocycles. The summed E-state index contributed by atoms with van der Waals surface area (Å²) in [5.41, 5.74) is 2.21. The number of hydrogen-bond donors (Lipinski definition) is 0. The molecule has 0 atom stereocenters. The van der Waals surface area contributed by atoms with Crippen LogP contribution in [-0.2, 0) is 12.7 Å². The van der Waals surface area contributed by atoms with Crippen molar-refractivity contribution in [2.75, 3.05) is 39.2 Å². The Hall–Kier alpha value is -4.13. The summed E-state index contributed by atoms with van der Waals surface area (Å²) in [7, 11) is 5.55. The highest BCUT2D eigenvalue weighted by molar-refractivity contribution is 5.66. The van der Waals surface area contributed by atoms with Gasteiger partial charge in [-0.1, -0.05) is 24.3 Å². The topological polar surface area (TPSA) is 98.0 Å². The fraction of sp³-hybridized carbons (Fsp3) is 0.448. The molecule has 0 spiro atoms. The third kappa shape index (κ3) is 6.51. The van der Waals surface area contributed by atoms with Crippen molar-refractivity contribution in [2.24, 2.45) is 0 Å². The lowest BCUT2D eigenvalue weighted by molar-refractivity contribution is -0.140. The number of hydrogen-bond acceptors (Lipinski definition) is 9. The zero-order valence-electron chi connectivity index (χ0n) is 24.3. The number of halogens is 3. The van der Waals surface area contributed by atoms with Crippen LogP contribution in [0.25, 0.3) is 22.8 Å². The predicted molar refractivity (Wildman–Crippen MR) is 152 cm³/mol. The molecule has 0 radical (unpaired) electrons. The summed E-state index contributed by atoms with van der Waals surface area (Å²) >= 11 is 0. The number of methoxy groups -OCH3 is 1. The molecule has 222 valence electrons. The maximum Gasteiger partial charge on any atom is 0.434 e. The Morgan fingerprint density at radius 2 is 1.69 bits per heavy atom. The van der Waals surface area contributed by atoms with Gasteiger partial charge in [0.1, 0.15) is 24.0 Å². The van der Waals surface area contributed by atoms with Crippen molar-refractivity contribution in [2.45, 2.75) is 51.4 Å². The molecule has 3 heterocycles. The Morgan fingerprint density at radius 1 is 0.976 bits per heavy atom. The molecule has 1 fully saturated rings. The molecule has 5 rings (SSSR count). The molecular formula is C29H34F3N9O. The first-order valence-electron chi connectivity index (χ1n) is 13.8. The van der Waals surface area contributed by atoms with E-state index >= 15 is 0 Å². The van der Waals surface area contributed by atoms with Gasteiger partial charge in [-0.15, -0.1) is 0 Å². The first-order chi connectivity index (χ1) is 20.0. The summed E-state index contributed by atoms with van der Waals surface area (Å²) in [5.74, 6) is 1.97. The van der Waals surface area contributed by atoms with Crippen molar-refractivity contribution in [3.05, 3.63) is 60.1 Å². The number of anilines is 1. The second-order valence-corrected chi connectivity index (χ2v) is 10.9. The molecule has 10 nitrogen and oxygen atoms in total. The number of imidazole rings is 1. The van der Waals surface area contributed by atoms with Crippen molar-refractivity contribution in [1.29, 1.82) is 0 Å². The summed E-state index contributed by atoms with van der Waals surface area (Å²) < 4.78 is 47.3. The lowest BCUT2D eigenvalue weighted by Crippen LogP contribution is -2.32. The van der Waals surface area contributed by atoms with E-state index in [4.69, 9.17) is 9.72 Å². The van der Waals surface area contributed by atoms with Crippen LogP contribution >= 0.6 is 0 Å². The van der Waals surface area contributed by atoms with E-state index in [2.05, 4.69) is 29.8 Å². The normalized spacial score (nSPS) is 13.7. The van der Waals surface area contributed by atoms with Crippen molar-refractivity contribution >= 4 is 5.95 Å². The molecule has 1 aliphatic rings. The van der Waals surface area contributed by atoms with Gasteiger partial charge in [0.2, 0.25) is 11.8 Å². The van der Waals surface area contributed by atoms with Crippen molar-refractivity contribution in [3.8, 4) is 28.7 Å². The fourth-order valence-corrected chi connectivity index (χ4v) is 4.66. The zero-order chi connectivity index (χ0) is 30.0. The second-order valence-electron chi connectivity index (χ2n) is 10.9. The average molecular weight is 582 g/mol. The molecule has 0 amide bonds. The molecule has 1 saturated carbocycles. The maximum absolute atomic E-state index is 13.4. The van der Waals surface area contributed by atoms with E-state index in [1.54, 1.807) is 23.8 Å². The lowest BCUT2D eigenvalue weighted by Gasteiger charge is -2.25. The smallest absolute Gasteiger partial charge is 0.434 e. The summed E-state index contributed by atoms with van der Waals surface area (Å²) in [6.07, 6.45) is 1.63. The van der Waals surface area contributed by atoms with Gasteiger partial charge in [-0.25, -0.2) is 24.9 Å². The van der Waals surface area contributed by atoms with Gasteiger partial charge in [0.15, 0.2) is 11.5 Å². The quantitative estimate of drug-likeness (QED) is 0.235. The van der Waals surface area contributed by atoms with Crippen LogP contribution in [0.5, 0.6) is 5.88 Å². The van der Waals surface area contributed by atoms with Crippen LogP contribution in [0.1, 0.15) is 55.6 Å². The number of benzene rings is 1. The highest BCUT2D eigenvalue weighted by Gasteiger charge is 2.35. The lowest BCUT2D eigenvalue weighted by atomic mass is 10.1. The maximum atomic E-state index is 13.4. The van der Waals surface area contributed by atoms with E-state index in [0.29, 0.717) is 47.8 Å². The monoisotopic (exact) mass is 581 g/mol. The fourth-order valence-electron chi connectivity index (χ4n) is 4.66. The molecule has 13 heteroatoms. The summed E-state index contributed by atoms with van der Waals surface area (Å²) in [4.78, 5) is 30.6. The Labute approximate surface area is 242 Å². The number of rotatable bonds is 11. The largest absolute Gasteiger partial charge is 0.480 e. The molecule has 4 aromatic rings. The van der Waals surface area contributed by atoms with Gasteiger partial charge in [-0.2, -0.15) is 18.2 Å². The van der Waals surface area contributed by atoms with Gasteiger partial charge < -0.3 is 19.1 Å². The van der Waals surface area contributed by atoms with Gasteiger partial charge >= 0.3 is 6.18 Å². The van der Waals surface area contributed by atoms with Gasteiger partial charge in [0.25, 0.3) is 0 Å². The molecule has 1 aliphatic carbocycles. The summed E-state index contributed by atoms with van der Waals surface area (Å²) in [6, 6.07) is 7.20. The van der Waals surface area contributed by atoms with Crippen LogP contribution in [0, 0.1) is 0 Å². The molecule has 42 heavy (non-hydrogen) atoms. The molecular weight excluding hydrogens is 547 g/mol. The zero-order valence-corrected chi connectivity index (χ0v) is 24.3. The molecule has 0 N–H and O–H groups in total. The standard InChI is InChI=1S/C29H34F3N9O/c1-18(2)41-15-22(29(30,31)32)37-26(41)21-8-6-19(7-9-21)14-40(13-12-39(3)4)28-36-17-34-25(38-28)23-24(20-10-11-20)33-16-35-27(23)42-5/h6-9,15-18,20H,10-14H2,1-5H3. The van der Waals surface area contributed by atoms with E-state index in [1.165, 1.54) is 12.7 Å². The van der Waals surface area contributed by atoms with Crippen molar-refractivity contribution in [3.63, 3.8) is 0 Å². The molecule has 0 saturated heterocycles. The Kier molecular flexibility index (Phi) is 8.39. The number of ether oxygens (including phenoxy) is 1. The average Bonchev–Trinajstić information content (AvgIpc) is 3.71. The third-order valence-electron chi connectivity index (χ3n) is 7.05. The minimum absolute atomic E-state index is 0.183. The van der Waals surface area contributed by atoms with Crippen molar-refractivity contribution in [1.82, 2.24) is 39.4 Å². The SMILES string of the molecule is COc1ncnc(C2CC2)c1-c1ncnc(N(CCN(C)C)Cc2ccc(-c3nc(C(F)(F)F)cn3C(C)C)cc2)n1. The van der Waals surface area contributed by atoms with Crippen LogP contribution in [0.3, 0.4) is 0 Å². The molecule has 3 aromatic heterocycles. The van der Waals surface area contributed by atoms with E-state index < -0.39 is 11.9 Å². The van der Waals surface area contributed by atoms with Gasteiger partial charge in [-0.3, -0.25) is 0 Å². The number of nitrogens with zero attached hydrogens (tertiary/aromatic N) is 9. The second kappa shape index (κ2) is 12.0. The highest BCUT2D eigenvalue weighted by atomic mass is 19.4. The molecule has 0 bridgehead atoms. The number of alkyl halides is 3. The van der Waals surface area contributed by atoms with E-state index in [1.807, 2.05) is 45.0 Å². The Bertz CT molecular complexity index is 1520. The van der Waals surface area contributed by atoms with Crippen LogP contribution in [0.4, 0.5) is 19.1 Å². The summed E-state index contributed by atoms with van der Waals surface area (Å²) in [6.45, 7) is 5.51. The minimum atomic E-state index is -4.51. The van der Waals surface area contributed by atoms with Crippen molar-refractivity contribution < 1.29 is 17.9 Å². The molecule has 1 aromatic carbocycles. The minimum Gasteiger partial charge on any atom is -0.480 e. The molecule has 0 unspecified atom stereocenters. The van der Waals surface area contributed by atoms with Crippen LogP contribution in [0.2, 0.25) is 0 Å². The van der Waals surface area contributed by atoms with Crippen LogP contribution in [-0.4, -0.2) is 73.7 Å². The predicted octanol–water partition coefficient (Wildman–Crippen LogP) is 5.25.